The van der Waals surface area contributed by atoms with E-state index in [9.17, 15) is 4.39 Å². The first kappa shape index (κ1) is 11.9. The lowest BCUT2D eigenvalue weighted by atomic mass is 9.86. The Morgan fingerprint density at radius 2 is 2.25 bits per heavy atom. The first-order valence-electron chi connectivity index (χ1n) is 6.54. The quantitative estimate of drug-likeness (QED) is 0.523. The summed E-state index contributed by atoms with van der Waals surface area (Å²) in [6.07, 6.45) is 9.64. The molecule has 2 rings (SSSR count). The van der Waals surface area contributed by atoms with E-state index < -0.39 is 6.17 Å². The third kappa shape index (κ3) is 2.40. The van der Waals surface area contributed by atoms with Crippen molar-refractivity contribution in [3.05, 3.63) is 0 Å². The Balaban J connectivity index is 1.79. The van der Waals surface area contributed by atoms with E-state index >= 15 is 0 Å². The van der Waals surface area contributed by atoms with Crippen molar-refractivity contribution in [2.45, 2.75) is 51.2 Å². The molecular weight excluding hydrogens is 201 g/mol. The molecule has 0 bridgehead atoms. The minimum Gasteiger partial charge on any atom is -0.300 e. The van der Waals surface area contributed by atoms with Crippen molar-refractivity contribution in [1.82, 2.24) is 4.90 Å². The maximum absolute atomic E-state index is 13.8. The Hall–Kier alpha value is -0.550. The maximum Gasteiger partial charge on any atom is 0.105 e. The summed E-state index contributed by atoms with van der Waals surface area (Å²) in [6.45, 7) is 4.38. The number of rotatable bonds is 4. The summed E-state index contributed by atoms with van der Waals surface area (Å²) in [7, 11) is 0. The van der Waals surface area contributed by atoms with Crippen LogP contribution in [0, 0.1) is 24.2 Å². The standard InChI is InChI=1S/C14H22FN/c1-3-4-5-7-16-8-6-14(16)12-9-11(2)10-13(12)15/h1,11-14H,4-10H2,2H3/t11?,12?,13-,14?/m1/s1. The van der Waals surface area contributed by atoms with Crippen LogP contribution in [0.25, 0.3) is 0 Å². The lowest BCUT2D eigenvalue weighted by molar-refractivity contribution is 0.0211. The fraction of sp³-hybridized carbons (Fsp3) is 0.857. The molecule has 1 aliphatic carbocycles. The van der Waals surface area contributed by atoms with Crippen LogP contribution in [0.4, 0.5) is 4.39 Å². The van der Waals surface area contributed by atoms with Gasteiger partial charge in [-0.15, -0.1) is 12.3 Å². The molecule has 4 atom stereocenters. The lowest BCUT2D eigenvalue weighted by Gasteiger charge is -2.45. The molecule has 16 heavy (non-hydrogen) atoms. The van der Waals surface area contributed by atoms with Gasteiger partial charge in [-0.1, -0.05) is 6.92 Å². The van der Waals surface area contributed by atoms with Crippen LogP contribution in [-0.4, -0.2) is 30.2 Å². The molecule has 0 spiro atoms. The molecule has 2 fully saturated rings. The highest BCUT2D eigenvalue weighted by Gasteiger charge is 2.43. The van der Waals surface area contributed by atoms with Crippen LogP contribution in [0.5, 0.6) is 0 Å². The predicted molar refractivity (Wildman–Crippen MR) is 64.8 cm³/mol. The molecule has 1 nitrogen and oxygen atoms in total. The zero-order valence-electron chi connectivity index (χ0n) is 10.2. The maximum atomic E-state index is 13.8. The molecule has 0 N–H and O–H groups in total. The molecule has 2 heteroatoms. The van der Waals surface area contributed by atoms with E-state index in [4.69, 9.17) is 6.42 Å². The van der Waals surface area contributed by atoms with Gasteiger partial charge in [-0.2, -0.15) is 0 Å². The van der Waals surface area contributed by atoms with Gasteiger partial charge in [-0.05, 0) is 44.7 Å². The number of nitrogens with zero attached hydrogens (tertiary/aromatic N) is 1. The van der Waals surface area contributed by atoms with Gasteiger partial charge in [0.25, 0.3) is 0 Å². The van der Waals surface area contributed by atoms with Crippen LogP contribution >= 0.6 is 0 Å². The number of unbranched alkanes of at least 4 members (excludes halogenated alkanes) is 1. The van der Waals surface area contributed by atoms with Crippen LogP contribution in [0.15, 0.2) is 0 Å². The Kier molecular flexibility index (Phi) is 3.86. The molecule has 1 saturated heterocycles. The highest BCUT2D eigenvalue weighted by Crippen LogP contribution is 2.40. The van der Waals surface area contributed by atoms with Gasteiger partial charge in [-0.25, -0.2) is 4.39 Å². The van der Waals surface area contributed by atoms with Gasteiger partial charge >= 0.3 is 0 Å². The van der Waals surface area contributed by atoms with E-state index in [1.165, 1.54) is 6.42 Å². The van der Waals surface area contributed by atoms with E-state index in [0.29, 0.717) is 17.9 Å². The smallest absolute Gasteiger partial charge is 0.105 e. The van der Waals surface area contributed by atoms with E-state index in [1.807, 2.05) is 0 Å². The number of halogens is 1. The zero-order chi connectivity index (χ0) is 11.5. The predicted octanol–water partition coefficient (Wildman–Crippen LogP) is 2.86. The van der Waals surface area contributed by atoms with Gasteiger partial charge in [0.05, 0.1) is 0 Å². The van der Waals surface area contributed by atoms with Gasteiger partial charge < -0.3 is 0 Å². The Bertz CT molecular complexity index is 270. The minimum absolute atomic E-state index is 0.301. The summed E-state index contributed by atoms with van der Waals surface area (Å²) >= 11 is 0. The average molecular weight is 223 g/mol. The Labute approximate surface area is 98.4 Å². The second-order valence-electron chi connectivity index (χ2n) is 5.46. The lowest BCUT2D eigenvalue weighted by Crippen LogP contribution is -2.53. The van der Waals surface area contributed by atoms with Crippen LogP contribution in [0.3, 0.4) is 0 Å². The number of hydrogen-bond acceptors (Lipinski definition) is 1. The van der Waals surface area contributed by atoms with Gasteiger partial charge in [0, 0.05) is 18.4 Å². The van der Waals surface area contributed by atoms with Gasteiger partial charge in [0.2, 0.25) is 0 Å². The van der Waals surface area contributed by atoms with Crippen LogP contribution < -0.4 is 0 Å². The number of alkyl halides is 1. The second-order valence-corrected chi connectivity index (χ2v) is 5.46. The molecule has 0 aromatic carbocycles. The Morgan fingerprint density at radius 1 is 1.44 bits per heavy atom. The SMILES string of the molecule is C#CCCCN1CCC1C1CC(C)C[C@H]1F. The van der Waals surface area contributed by atoms with E-state index in [0.717, 1.165) is 38.8 Å². The molecule has 2 aliphatic rings. The van der Waals surface area contributed by atoms with Crippen LogP contribution in [0.1, 0.15) is 39.0 Å². The van der Waals surface area contributed by atoms with Crippen molar-refractivity contribution < 1.29 is 4.39 Å². The topological polar surface area (TPSA) is 3.24 Å². The molecule has 3 unspecified atom stereocenters. The molecule has 1 heterocycles. The largest absolute Gasteiger partial charge is 0.300 e. The highest BCUT2D eigenvalue weighted by molar-refractivity contribution is 4.96. The van der Waals surface area contributed by atoms with E-state index in [-0.39, 0.29) is 0 Å². The monoisotopic (exact) mass is 223 g/mol. The van der Waals surface area contributed by atoms with Crippen molar-refractivity contribution in [2.75, 3.05) is 13.1 Å². The van der Waals surface area contributed by atoms with Gasteiger partial charge in [0.1, 0.15) is 6.17 Å². The average Bonchev–Trinajstić information content (AvgIpc) is 2.51. The van der Waals surface area contributed by atoms with Crippen molar-refractivity contribution in [3.63, 3.8) is 0 Å². The van der Waals surface area contributed by atoms with Crippen molar-refractivity contribution >= 4 is 0 Å². The molecular formula is C14H22FN. The minimum atomic E-state index is -0.560. The number of likely N-dealkylation sites (tertiary alicyclic amines) is 1. The van der Waals surface area contributed by atoms with Crippen molar-refractivity contribution in [1.29, 1.82) is 0 Å². The first-order chi connectivity index (χ1) is 7.72. The van der Waals surface area contributed by atoms with Gasteiger partial charge in [0.15, 0.2) is 0 Å². The summed E-state index contributed by atoms with van der Waals surface area (Å²) < 4.78 is 13.8. The van der Waals surface area contributed by atoms with Crippen molar-refractivity contribution in [2.24, 2.45) is 11.8 Å². The zero-order valence-corrected chi connectivity index (χ0v) is 10.2. The third-order valence-electron chi connectivity index (χ3n) is 4.21. The summed E-state index contributed by atoms with van der Waals surface area (Å²) in [5.41, 5.74) is 0. The fourth-order valence-corrected chi connectivity index (χ4v) is 3.27. The second kappa shape index (κ2) is 5.19. The summed E-state index contributed by atoms with van der Waals surface area (Å²) in [4.78, 5) is 2.44. The molecule has 1 saturated carbocycles. The molecule has 0 aromatic heterocycles. The number of hydrogen-bond donors (Lipinski definition) is 0. The molecule has 0 aromatic rings. The van der Waals surface area contributed by atoms with E-state index in [2.05, 4.69) is 17.7 Å². The fourth-order valence-electron chi connectivity index (χ4n) is 3.27. The molecule has 1 aliphatic heterocycles. The van der Waals surface area contributed by atoms with E-state index in [1.54, 1.807) is 0 Å². The third-order valence-corrected chi connectivity index (χ3v) is 4.21. The first-order valence-corrected chi connectivity index (χ1v) is 6.54. The summed E-state index contributed by atoms with van der Waals surface area (Å²) in [5.74, 6) is 3.55. The van der Waals surface area contributed by atoms with Crippen LogP contribution in [0.2, 0.25) is 0 Å². The highest BCUT2D eigenvalue weighted by atomic mass is 19.1. The Morgan fingerprint density at radius 3 is 2.75 bits per heavy atom. The molecule has 0 radical (unpaired) electrons. The summed E-state index contributed by atoms with van der Waals surface area (Å²) in [6, 6.07) is 0.512. The van der Waals surface area contributed by atoms with Crippen LogP contribution in [-0.2, 0) is 0 Å². The van der Waals surface area contributed by atoms with Crippen molar-refractivity contribution in [3.8, 4) is 12.3 Å². The molecule has 90 valence electrons. The summed E-state index contributed by atoms with van der Waals surface area (Å²) in [5, 5.41) is 0. The number of terminal acetylenes is 1. The van der Waals surface area contributed by atoms with Gasteiger partial charge in [-0.3, -0.25) is 4.90 Å². The molecule has 0 amide bonds. The normalized spacial score (nSPS) is 39.3.